The van der Waals surface area contributed by atoms with E-state index < -0.39 is 0 Å². The second-order valence-electron chi connectivity index (χ2n) is 7.99. The number of hydrogen-bond donors (Lipinski definition) is 0. The number of likely N-dealkylation sites (tertiary alicyclic amines) is 2. The van der Waals surface area contributed by atoms with Gasteiger partial charge in [0.25, 0.3) is 0 Å². The SMILES string of the molecule is COc1cccc(CN2CCCC3(CCN(Cc4cccnc4)C3)C2)c1. The molecule has 1 aromatic carbocycles. The van der Waals surface area contributed by atoms with Crippen molar-refractivity contribution in [2.45, 2.75) is 32.4 Å². The van der Waals surface area contributed by atoms with Crippen LogP contribution in [0.3, 0.4) is 0 Å². The van der Waals surface area contributed by atoms with Gasteiger partial charge in [0.05, 0.1) is 7.11 Å². The smallest absolute Gasteiger partial charge is 0.119 e. The first-order chi connectivity index (χ1) is 12.7. The predicted molar refractivity (Wildman–Crippen MR) is 104 cm³/mol. The Morgan fingerprint density at radius 1 is 1.00 bits per heavy atom. The van der Waals surface area contributed by atoms with Gasteiger partial charge >= 0.3 is 0 Å². The highest BCUT2D eigenvalue weighted by atomic mass is 16.5. The van der Waals surface area contributed by atoms with Crippen LogP contribution in [0.2, 0.25) is 0 Å². The Kier molecular flexibility index (Phi) is 5.23. The molecule has 1 atom stereocenters. The van der Waals surface area contributed by atoms with E-state index in [-0.39, 0.29) is 0 Å². The predicted octanol–water partition coefficient (Wildman–Crippen LogP) is 3.58. The number of benzene rings is 1. The molecule has 1 aromatic heterocycles. The Hall–Kier alpha value is -1.91. The van der Waals surface area contributed by atoms with Crippen molar-refractivity contribution in [3.8, 4) is 5.75 Å². The lowest BCUT2D eigenvalue weighted by Crippen LogP contribution is -2.44. The Morgan fingerprint density at radius 2 is 1.81 bits per heavy atom. The van der Waals surface area contributed by atoms with Crippen molar-refractivity contribution < 1.29 is 4.74 Å². The monoisotopic (exact) mass is 351 g/mol. The van der Waals surface area contributed by atoms with Gasteiger partial charge in [0.2, 0.25) is 0 Å². The fraction of sp³-hybridized carbons (Fsp3) is 0.500. The minimum atomic E-state index is 0.472. The average molecular weight is 351 g/mol. The van der Waals surface area contributed by atoms with Gasteiger partial charge in [0.1, 0.15) is 5.75 Å². The van der Waals surface area contributed by atoms with Crippen LogP contribution in [-0.4, -0.2) is 48.1 Å². The molecule has 2 aliphatic heterocycles. The zero-order valence-electron chi connectivity index (χ0n) is 15.7. The van der Waals surface area contributed by atoms with Crippen molar-refractivity contribution in [3.63, 3.8) is 0 Å². The zero-order valence-corrected chi connectivity index (χ0v) is 15.7. The fourth-order valence-electron chi connectivity index (χ4n) is 4.72. The standard InChI is InChI=1S/C22H29N3O/c1-26-21-7-2-5-19(13-21)15-24-11-4-8-22(17-24)9-12-25(18-22)16-20-6-3-10-23-14-20/h2-3,5-7,10,13-14H,4,8-9,11-12,15-18H2,1H3. The molecule has 2 saturated heterocycles. The second kappa shape index (κ2) is 7.77. The lowest BCUT2D eigenvalue weighted by Gasteiger charge is -2.40. The highest BCUT2D eigenvalue weighted by Gasteiger charge is 2.41. The maximum atomic E-state index is 5.38. The van der Waals surface area contributed by atoms with E-state index in [4.69, 9.17) is 4.74 Å². The lowest BCUT2D eigenvalue weighted by atomic mass is 9.79. The number of hydrogen-bond acceptors (Lipinski definition) is 4. The summed E-state index contributed by atoms with van der Waals surface area (Å²) in [6.07, 6.45) is 7.85. The molecule has 4 nitrogen and oxygen atoms in total. The quantitative estimate of drug-likeness (QED) is 0.823. The van der Waals surface area contributed by atoms with Crippen LogP contribution < -0.4 is 4.74 Å². The molecular weight excluding hydrogens is 322 g/mol. The number of rotatable bonds is 5. The summed E-state index contributed by atoms with van der Waals surface area (Å²) in [6.45, 7) is 6.92. The first-order valence-electron chi connectivity index (χ1n) is 9.71. The van der Waals surface area contributed by atoms with Gasteiger partial charge in [-0.3, -0.25) is 14.8 Å². The third-order valence-corrected chi connectivity index (χ3v) is 5.93. The van der Waals surface area contributed by atoms with Crippen LogP contribution in [0, 0.1) is 5.41 Å². The molecule has 2 fully saturated rings. The minimum Gasteiger partial charge on any atom is -0.497 e. The lowest BCUT2D eigenvalue weighted by molar-refractivity contribution is 0.0866. The number of piperidine rings is 1. The molecular formula is C22H29N3O. The summed E-state index contributed by atoms with van der Waals surface area (Å²) in [5.41, 5.74) is 3.15. The molecule has 0 saturated carbocycles. The molecule has 1 spiro atoms. The van der Waals surface area contributed by atoms with E-state index in [0.717, 1.165) is 18.8 Å². The Labute approximate surface area is 156 Å². The fourth-order valence-corrected chi connectivity index (χ4v) is 4.72. The van der Waals surface area contributed by atoms with Crippen LogP contribution in [0.4, 0.5) is 0 Å². The van der Waals surface area contributed by atoms with Crippen molar-refractivity contribution in [1.82, 2.24) is 14.8 Å². The maximum absolute atomic E-state index is 5.38. The Bertz CT molecular complexity index is 720. The highest BCUT2D eigenvalue weighted by Crippen LogP contribution is 2.39. The van der Waals surface area contributed by atoms with Crippen molar-refractivity contribution in [2.75, 3.05) is 33.3 Å². The van der Waals surface area contributed by atoms with E-state index in [1.54, 1.807) is 7.11 Å². The number of ether oxygens (including phenoxy) is 1. The van der Waals surface area contributed by atoms with Gasteiger partial charge in [-0.05, 0) is 67.1 Å². The molecule has 2 aliphatic rings. The van der Waals surface area contributed by atoms with Gasteiger partial charge < -0.3 is 4.74 Å². The Balaban J connectivity index is 1.37. The van der Waals surface area contributed by atoms with Crippen LogP contribution in [-0.2, 0) is 13.1 Å². The molecule has 138 valence electrons. The van der Waals surface area contributed by atoms with E-state index in [1.165, 1.54) is 56.6 Å². The van der Waals surface area contributed by atoms with Crippen LogP contribution in [0.1, 0.15) is 30.4 Å². The molecule has 0 radical (unpaired) electrons. The first kappa shape index (κ1) is 17.5. The van der Waals surface area contributed by atoms with Crippen LogP contribution in [0.25, 0.3) is 0 Å². The first-order valence-corrected chi connectivity index (χ1v) is 9.71. The third-order valence-electron chi connectivity index (χ3n) is 5.93. The summed E-state index contributed by atoms with van der Waals surface area (Å²) >= 11 is 0. The molecule has 2 aromatic rings. The average Bonchev–Trinajstić information content (AvgIpc) is 3.04. The molecule has 0 N–H and O–H groups in total. The second-order valence-corrected chi connectivity index (χ2v) is 7.99. The largest absolute Gasteiger partial charge is 0.497 e. The van der Waals surface area contributed by atoms with Gasteiger partial charge in [-0.25, -0.2) is 0 Å². The Morgan fingerprint density at radius 3 is 2.62 bits per heavy atom. The van der Waals surface area contributed by atoms with Crippen LogP contribution >= 0.6 is 0 Å². The molecule has 4 heteroatoms. The zero-order chi connectivity index (χ0) is 17.8. The number of aromatic nitrogens is 1. The molecule has 3 heterocycles. The molecule has 0 aliphatic carbocycles. The summed E-state index contributed by atoms with van der Waals surface area (Å²) in [5.74, 6) is 0.956. The van der Waals surface area contributed by atoms with E-state index in [0.29, 0.717) is 5.41 Å². The maximum Gasteiger partial charge on any atom is 0.119 e. The van der Waals surface area contributed by atoms with Gasteiger partial charge in [-0.15, -0.1) is 0 Å². The van der Waals surface area contributed by atoms with Crippen LogP contribution in [0.15, 0.2) is 48.8 Å². The van der Waals surface area contributed by atoms with Crippen LogP contribution in [0.5, 0.6) is 5.75 Å². The summed E-state index contributed by atoms with van der Waals surface area (Å²) in [7, 11) is 1.74. The molecule has 1 unspecified atom stereocenters. The number of pyridine rings is 1. The number of nitrogens with zero attached hydrogens (tertiary/aromatic N) is 3. The molecule has 0 amide bonds. The minimum absolute atomic E-state index is 0.472. The van der Waals surface area contributed by atoms with Crippen molar-refractivity contribution in [3.05, 3.63) is 59.9 Å². The topological polar surface area (TPSA) is 28.6 Å². The van der Waals surface area contributed by atoms with E-state index in [9.17, 15) is 0 Å². The van der Waals surface area contributed by atoms with Gasteiger partial charge in [-0.1, -0.05) is 18.2 Å². The number of methoxy groups -OCH3 is 1. The molecule has 0 bridgehead atoms. The third kappa shape index (κ3) is 4.08. The van der Waals surface area contributed by atoms with E-state index in [2.05, 4.69) is 39.0 Å². The highest BCUT2D eigenvalue weighted by molar-refractivity contribution is 5.28. The normalized spacial score (nSPS) is 24.2. The van der Waals surface area contributed by atoms with Crippen molar-refractivity contribution in [2.24, 2.45) is 5.41 Å². The van der Waals surface area contributed by atoms with E-state index >= 15 is 0 Å². The van der Waals surface area contributed by atoms with Gasteiger partial charge in [0.15, 0.2) is 0 Å². The molecule has 4 rings (SSSR count). The summed E-state index contributed by atoms with van der Waals surface area (Å²) in [5, 5.41) is 0. The van der Waals surface area contributed by atoms with Gasteiger partial charge in [-0.2, -0.15) is 0 Å². The summed E-state index contributed by atoms with van der Waals surface area (Å²) in [4.78, 5) is 9.52. The summed E-state index contributed by atoms with van der Waals surface area (Å²) < 4.78 is 5.38. The van der Waals surface area contributed by atoms with E-state index in [1.807, 2.05) is 24.5 Å². The van der Waals surface area contributed by atoms with Gasteiger partial charge in [0, 0.05) is 38.6 Å². The van der Waals surface area contributed by atoms with Crippen molar-refractivity contribution >= 4 is 0 Å². The summed E-state index contributed by atoms with van der Waals surface area (Å²) in [6, 6.07) is 12.7. The van der Waals surface area contributed by atoms with Crippen molar-refractivity contribution in [1.29, 1.82) is 0 Å². The molecule has 26 heavy (non-hydrogen) atoms.